The highest BCUT2D eigenvalue weighted by molar-refractivity contribution is 5.74. The Labute approximate surface area is 108 Å². The van der Waals surface area contributed by atoms with E-state index in [1.807, 2.05) is 6.92 Å². The summed E-state index contributed by atoms with van der Waals surface area (Å²) < 4.78 is 0. The molecule has 0 bridgehead atoms. The van der Waals surface area contributed by atoms with Crippen LogP contribution >= 0.6 is 0 Å². The number of aliphatic hydroxyl groups excluding tert-OH is 1. The Hall–Kier alpha value is -1.30. The van der Waals surface area contributed by atoms with Crippen LogP contribution in [0.2, 0.25) is 0 Å². The zero-order chi connectivity index (χ0) is 14.1. The quantitative estimate of drug-likeness (QED) is 0.605. The van der Waals surface area contributed by atoms with Crippen LogP contribution < -0.4 is 5.32 Å². The Morgan fingerprint density at radius 2 is 1.94 bits per heavy atom. The minimum Gasteiger partial charge on any atom is -0.479 e. The number of amides is 2. The molecule has 0 aliphatic heterocycles. The zero-order valence-corrected chi connectivity index (χ0v) is 11.3. The van der Waals surface area contributed by atoms with Gasteiger partial charge in [-0.15, -0.1) is 0 Å². The van der Waals surface area contributed by atoms with Crippen molar-refractivity contribution in [2.45, 2.75) is 39.7 Å². The van der Waals surface area contributed by atoms with Gasteiger partial charge in [0.1, 0.15) is 0 Å². The van der Waals surface area contributed by atoms with Gasteiger partial charge < -0.3 is 20.4 Å². The van der Waals surface area contributed by atoms with Crippen LogP contribution in [0.4, 0.5) is 4.79 Å². The number of aliphatic hydroxyl groups is 1. The van der Waals surface area contributed by atoms with Gasteiger partial charge in [-0.2, -0.15) is 0 Å². The second-order valence-electron chi connectivity index (χ2n) is 4.43. The highest BCUT2D eigenvalue weighted by atomic mass is 16.4. The predicted octanol–water partition coefficient (Wildman–Crippen LogP) is 0.900. The van der Waals surface area contributed by atoms with Crippen molar-refractivity contribution in [3.63, 3.8) is 0 Å². The van der Waals surface area contributed by atoms with Crippen LogP contribution in [0, 0.1) is 5.92 Å². The second-order valence-corrected chi connectivity index (χ2v) is 4.43. The monoisotopic (exact) mass is 260 g/mol. The van der Waals surface area contributed by atoms with Crippen molar-refractivity contribution in [1.82, 2.24) is 10.2 Å². The van der Waals surface area contributed by atoms with Gasteiger partial charge in [0, 0.05) is 26.1 Å². The lowest BCUT2D eigenvalue weighted by Gasteiger charge is -2.24. The van der Waals surface area contributed by atoms with E-state index in [4.69, 9.17) is 10.2 Å². The number of carboxylic acids is 1. The molecular weight excluding hydrogens is 236 g/mol. The molecule has 6 nitrogen and oxygen atoms in total. The van der Waals surface area contributed by atoms with Gasteiger partial charge in [-0.25, -0.2) is 9.59 Å². The van der Waals surface area contributed by atoms with Crippen molar-refractivity contribution in [1.29, 1.82) is 0 Å². The van der Waals surface area contributed by atoms with E-state index in [-0.39, 0.29) is 19.0 Å². The first-order valence-electron chi connectivity index (χ1n) is 6.35. The first-order chi connectivity index (χ1) is 8.42. The van der Waals surface area contributed by atoms with Crippen LogP contribution in [0.5, 0.6) is 0 Å². The standard InChI is InChI=1S/C12H24N2O4/c1-4-9(3)8-14(5-2)12(18)13-7-6-10(15)11(16)17/h9-10,15H,4-8H2,1-3H3,(H,13,18)(H,16,17). The van der Waals surface area contributed by atoms with E-state index < -0.39 is 12.1 Å². The lowest BCUT2D eigenvalue weighted by Crippen LogP contribution is -2.43. The summed E-state index contributed by atoms with van der Waals surface area (Å²) in [6.07, 6.45) is -0.404. The number of hydrogen-bond acceptors (Lipinski definition) is 3. The molecule has 18 heavy (non-hydrogen) atoms. The van der Waals surface area contributed by atoms with Crippen molar-refractivity contribution in [3.05, 3.63) is 0 Å². The maximum Gasteiger partial charge on any atom is 0.332 e. The Morgan fingerprint density at radius 1 is 1.33 bits per heavy atom. The van der Waals surface area contributed by atoms with Crippen LogP contribution in [0.15, 0.2) is 0 Å². The molecule has 0 saturated carbocycles. The molecule has 0 spiro atoms. The minimum absolute atomic E-state index is 0.0158. The lowest BCUT2D eigenvalue weighted by molar-refractivity contribution is -0.146. The third kappa shape index (κ3) is 6.44. The van der Waals surface area contributed by atoms with Crippen molar-refractivity contribution < 1.29 is 19.8 Å². The van der Waals surface area contributed by atoms with Gasteiger partial charge in [-0.05, 0) is 12.8 Å². The summed E-state index contributed by atoms with van der Waals surface area (Å²) in [5, 5.41) is 20.1. The Kier molecular flexibility index (Phi) is 8.11. The largest absolute Gasteiger partial charge is 0.479 e. The molecule has 6 heteroatoms. The summed E-state index contributed by atoms with van der Waals surface area (Å²) in [5.41, 5.74) is 0. The van der Waals surface area contributed by atoms with E-state index in [2.05, 4.69) is 19.2 Å². The molecular formula is C12H24N2O4. The van der Waals surface area contributed by atoms with Crippen LogP contribution in [0.1, 0.15) is 33.6 Å². The number of rotatable bonds is 8. The zero-order valence-electron chi connectivity index (χ0n) is 11.3. The lowest BCUT2D eigenvalue weighted by atomic mass is 10.1. The van der Waals surface area contributed by atoms with Gasteiger partial charge in [0.2, 0.25) is 0 Å². The topological polar surface area (TPSA) is 89.9 Å². The molecule has 0 aromatic rings. The Bertz CT molecular complexity index is 271. The highest BCUT2D eigenvalue weighted by Gasteiger charge is 2.16. The van der Waals surface area contributed by atoms with Crippen molar-refractivity contribution in [2.75, 3.05) is 19.6 Å². The molecule has 0 aliphatic rings. The number of hydrogen-bond donors (Lipinski definition) is 3. The third-order valence-electron chi connectivity index (χ3n) is 2.88. The molecule has 0 saturated heterocycles. The van der Waals surface area contributed by atoms with E-state index in [9.17, 15) is 9.59 Å². The molecule has 0 aliphatic carbocycles. The fourth-order valence-electron chi connectivity index (χ4n) is 1.41. The normalized spacial score (nSPS) is 13.8. The first-order valence-corrected chi connectivity index (χ1v) is 6.35. The van der Waals surface area contributed by atoms with E-state index in [0.29, 0.717) is 19.0 Å². The number of urea groups is 1. The summed E-state index contributed by atoms with van der Waals surface area (Å²) in [6, 6.07) is -0.213. The maximum absolute atomic E-state index is 11.8. The molecule has 0 aromatic heterocycles. The van der Waals surface area contributed by atoms with Gasteiger partial charge in [0.05, 0.1) is 0 Å². The molecule has 2 atom stereocenters. The number of nitrogens with zero attached hydrogens (tertiary/aromatic N) is 1. The molecule has 2 amide bonds. The molecule has 0 rings (SSSR count). The van der Waals surface area contributed by atoms with Crippen molar-refractivity contribution >= 4 is 12.0 Å². The van der Waals surface area contributed by atoms with Crippen molar-refractivity contribution in [3.8, 4) is 0 Å². The van der Waals surface area contributed by atoms with Gasteiger partial charge in [0.15, 0.2) is 6.10 Å². The summed E-state index contributed by atoms with van der Waals surface area (Å²) in [4.78, 5) is 23.8. The van der Waals surface area contributed by atoms with Crippen molar-refractivity contribution in [2.24, 2.45) is 5.92 Å². The average Bonchev–Trinajstić information content (AvgIpc) is 2.34. The molecule has 0 radical (unpaired) electrons. The summed E-state index contributed by atoms with van der Waals surface area (Å²) in [6.45, 7) is 7.49. The third-order valence-corrected chi connectivity index (χ3v) is 2.88. The fraction of sp³-hybridized carbons (Fsp3) is 0.833. The van der Waals surface area contributed by atoms with Crippen LogP contribution in [0.3, 0.4) is 0 Å². The predicted molar refractivity (Wildman–Crippen MR) is 68.4 cm³/mol. The minimum atomic E-state index is -1.42. The summed E-state index contributed by atoms with van der Waals surface area (Å²) in [7, 11) is 0. The highest BCUT2D eigenvalue weighted by Crippen LogP contribution is 2.04. The molecule has 2 unspecified atom stereocenters. The van der Waals surface area contributed by atoms with E-state index >= 15 is 0 Å². The molecule has 106 valence electrons. The Balaban J connectivity index is 4.01. The van der Waals surface area contributed by atoms with Gasteiger partial charge in [-0.3, -0.25) is 0 Å². The number of carboxylic acid groups (broad SMARTS) is 1. The summed E-state index contributed by atoms with van der Waals surface area (Å²) in [5.74, 6) is -0.837. The van der Waals surface area contributed by atoms with E-state index in [1.54, 1.807) is 4.90 Å². The number of aliphatic carboxylic acids is 1. The molecule has 3 N–H and O–H groups in total. The number of carbonyl (C=O) groups excluding carboxylic acids is 1. The number of nitrogens with one attached hydrogen (secondary N) is 1. The SMILES string of the molecule is CCC(C)CN(CC)C(=O)NCCC(O)C(=O)O. The Morgan fingerprint density at radius 3 is 2.39 bits per heavy atom. The second kappa shape index (κ2) is 8.74. The average molecular weight is 260 g/mol. The molecule has 0 heterocycles. The molecule has 0 fully saturated rings. The van der Waals surface area contributed by atoms with Gasteiger partial charge in [0.25, 0.3) is 0 Å². The van der Waals surface area contributed by atoms with Crippen LogP contribution in [-0.2, 0) is 4.79 Å². The molecule has 0 aromatic carbocycles. The fourth-order valence-corrected chi connectivity index (χ4v) is 1.41. The first kappa shape index (κ1) is 16.7. The van der Waals surface area contributed by atoms with E-state index in [1.165, 1.54) is 0 Å². The summed E-state index contributed by atoms with van der Waals surface area (Å²) >= 11 is 0. The van der Waals surface area contributed by atoms with Crippen LogP contribution in [-0.4, -0.2) is 52.9 Å². The van der Waals surface area contributed by atoms with E-state index in [0.717, 1.165) is 6.42 Å². The van der Waals surface area contributed by atoms with Gasteiger partial charge in [-0.1, -0.05) is 20.3 Å². The number of carbonyl (C=O) groups is 2. The smallest absolute Gasteiger partial charge is 0.332 e. The van der Waals surface area contributed by atoms with Crippen LogP contribution in [0.25, 0.3) is 0 Å². The maximum atomic E-state index is 11.8. The van der Waals surface area contributed by atoms with Gasteiger partial charge >= 0.3 is 12.0 Å².